The molecule has 0 spiro atoms. The maximum absolute atomic E-state index is 11.8. The summed E-state index contributed by atoms with van der Waals surface area (Å²) in [6.07, 6.45) is 3.57. The van der Waals surface area contributed by atoms with Crippen LogP contribution in [0.2, 0.25) is 14.8 Å². The van der Waals surface area contributed by atoms with Crippen LogP contribution in [0.25, 0.3) is 0 Å². The summed E-state index contributed by atoms with van der Waals surface area (Å²) in [7, 11) is 0. The Bertz CT molecular complexity index is 352. The third kappa shape index (κ3) is 3.54. The second-order valence-corrected chi connectivity index (χ2v) is 19.3. The van der Waals surface area contributed by atoms with Gasteiger partial charge in [-0.05, 0) is 0 Å². The molecular weight excluding hydrogens is 309 g/mol. The second kappa shape index (κ2) is 5.75. The van der Waals surface area contributed by atoms with Crippen molar-refractivity contribution < 1.29 is 9.53 Å². The minimum atomic E-state index is -2.20. The number of hydrogen-bond acceptors (Lipinski definition) is 2. The Morgan fingerprint density at radius 2 is 2.12 bits per heavy atom. The Labute approximate surface area is 102 Å². The number of hydrogen-bond donors (Lipinski definition) is 0. The first-order valence-corrected chi connectivity index (χ1v) is 15.8. The molecule has 0 aliphatic heterocycles. The van der Waals surface area contributed by atoms with E-state index in [9.17, 15) is 4.79 Å². The monoisotopic (exact) mass is 331 g/mol. The molecule has 0 saturated heterocycles. The van der Waals surface area contributed by atoms with Crippen molar-refractivity contribution >= 4 is 28.2 Å². The topological polar surface area (TPSA) is 31.2 Å². The molecule has 1 aromatic rings. The van der Waals surface area contributed by atoms with E-state index in [0.717, 1.165) is 12.8 Å². The zero-order valence-corrected chi connectivity index (χ0v) is 13.5. The van der Waals surface area contributed by atoms with Crippen molar-refractivity contribution in [3.05, 3.63) is 18.3 Å². The average molecular weight is 330 g/mol. The summed E-state index contributed by atoms with van der Waals surface area (Å²) < 4.78 is 8.10. The Morgan fingerprint density at radius 3 is 2.69 bits per heavy atom. The second-order valence-electron chi connectivity index (χ2n) is 4.98. The van der Waals surface area contributed by atoms with Crippen molar-refractivity contribution in [2.75, 3.05) is 6.61 Å². The average Bonchev–Trinajstić information content (AvgIpc) is 2.65. The van der Waals surface area contributed by atoms with Crippen molar-refractivity contribution in [3.63, 3.8) is 0 Å². The van der Waals surface area contributed by atoms with Gasteiger partial charge in [0.2, 0.25) is 0 Å². The van der Waals surface area contributed by atoms with Gasteiger partial charge >= 0.3 is 102 Å². The quantitative estimate of drug-likeness (QED) is 0.628. The predicted octanol–water partition coefficient (Wildman–Crippen LogP) is 2.82. The fraction of sp³-hybridized carbons (Fsp3) is 0.583. The molecule has 4 heteroatoms. The van der Waals surface area contributed by atoms with E-state index in [4.69, 9.17) is 4.74 Å². The van der Waals surface area contributed by atoms with Crippen LogP contribution in [0.5, 0.6) is 0 Å². The molecule has 0 aromatic carbocycles. The summed E-state index contributed by atoms with van der Waals surface area (Å²) in [4.78, 5) is 18.7. The molecule has 0 atom stereocenters. The van der Waals surface area contributed by atoms with Gasteiger partial charge in [0.1, 0.15) is 0 Å². The summed E-state index contributed by atoms with van der Waals surface area (Å²) in [5.74, 6) is 0. The normalized spacial score (nSPS) is 11.5. The Morgan fingerprint density at radius 1 is 1.44 bits per heavy atom. The van der Waals surface area contributed by atoms with Gasteiger partial charge in [-0.1, -0.05) is 0 Å². The Hall–Kier alpha value is -0.451. The fourth-order valence-corrected chi connectivity index (χ4v) is 5.76. The number of unbranched alkanes of at least 4 members (excludes halogenated alkanes) is 1. The predicted molar refractivity (Wildman–Crippen MR) is 69.1 cm³/mol. The van der Waals surface area contributed by atoms with Crippen molar-refractivity contribution in [1.82, 2.24) is 4.57 Å². The number of carbonyl (C=O) groups is 1. The van der Waals surface area contributed by atoms with Crippen LogP contribution in [0.3, 0.4) is 0 Å². The number of carbonyl (C=O) groups excluding carboxylic acids is 1. The fourth-order valence-electron chi connectivity index (χ4n) is 1.52. The van der Waals surface area contributed by atoms with Gasteiger partial charge in [-0.3, -0.25) is 0 Å². The van der Waals surface area contributed by atoms with E-state index < -0.39 is 18.4 Å². The molecule has 16 heavy (non-hydrogen) atoms. The van der Waals surface area contributed by atoms with Gasteiger partial charge in [-0.2, -0.15) is 0 Å². The Kier molecular flexibility index (Phi) is 4.89. The van der Waals surface area contributed by atoms with Crippen molar-refractivity contribution in [2.45, 2.75) is 34.6 Å². The third-order valence-electron chi connectivity index (χ3n) is 2.44. The Balaban J connectivity index is 2.73. The summed E-state index contributed by atoms with van der Waals surface area (Å²) in [6, 6.07) is 3.98. The van der Waals surface area contributed by atoms with E-state index >= 15 is 0 Å². The van der Waals surface area contributed by atoms with Gasteiger partial charge < -0.3 is 0 Å². The maximum atomic E-state index is 11.8. The van der Waals surface area contributed by atoms with E-state index in [1.54, 1.807) is 4.57 Å². The molecule has 0 radical (unpaired) electrons. The number of aromatic nitrogens is 1. The molecule has 3 nitrogen and oxygen atoms in total. The van der Waals surface area contributed by atoms with Crippen molar-refractivity contribution in [2.24, 2.45) is 0 Å². The molecule has 0 bridgehead atoms. The molecule has 0 aliphatic carbocycles. The van der Waals surface area contributed by atoms with Crippen LogP contribution >= 0.6 is 0 Å². The van der Waals surface area contributed by atoms with Crippen LogP contribution in [0.1, 0.15) is 19.8 Å². The number of nitrogens with zero attached hydrogens (tertiary/aromatic N) is 1. The molecule has 0 saturated carbocycles. The minimum absolute atomic E-state index is 0.222. The molecule has 0 fully saturated rings. The number of ether oxygens (including phenoxy) is 1. The summed E-state index contributed by atoms with van der Waals surface area (Å²) >= 11 is -2.20. The van der Waals surface area contributed by atoms with E-state index in [1.807, 2.05) is 12.3 Å². The molecule has 0 aliphatic rings. The SMILES string of the molecule is CCCCOC(=O)n1ccc[c]1[Sn]([CH3])([CH3])[CH3]. The van der Waals surface area contributed by atoms with Gasteiger partial charge in [0.05, 0.1) is 0 Å². The molecule has 0 amide bonds. The van der Waals surface area contributed by atoms with Crippen LogP contribution in [-0.4, -0.2) is 35.6 Å². The number of rotatable bonds is 4. The first kappa shape index (κ1) is 13.6. The van der Waals surface area contributed by atoms with Crippen molar-refractivity contribution in [1.29, 1.82) is 0 Å². The standard InChI is InChI=1S/C9H12NO2.3CH3.Sn/c1-2-3-8-12-9(11)10-6-4-5-7-10;;;;/h4-6H,2-3,8H2,1H3;3*1H3;. The molecule has 90 valence electrons. The summed E-state index contributed by atoms with van der Waals surface area (Å²) in [5, 5.41) is 0. The first-order chi connectivity index (χ1) is 7.46. The molecule has 0 unspecified atom stereocenters. The van der Waals surface area contributed by atoms with Crippen LogP contribution in [0.4, 0.5) is 4.79 Å². The van der Waals surface area contributed by atoms with Gasteiger partial charge in [0, 0.05) is 0 Å². The van der Waals surface area contributed by atoms with Gasteiger partial charge in [0.25, 0.3) is 0 Å². The zero-order chi connectivity index (χ0) is 12.2. The molecule has 1 heterocycles. The van der Waals surface area contributed by atoms with Crippen LogP contribution in [0, 0.1) is 0 Å². The van der Waals surface area contributed by atoms with Crippen molar-refractivity contribution in [3.8, 4) is 0 Å². The summed E-state index contributed by atoms with van der Waals surface area (Å²) in [6.45, 7) is 2.60. The zero-order valence-electron chi connectivity index (χ0n) is 10.6. The van der Waals surface area contributed by atoms with E-state index in [2.05, 4.69) is 27.8 Å². The molecule has 0 N–H and O–H groups in total. The van der Waals surface area contributed by atoms with E-state index in [-0.39, 0.29) is 6.09 Å². The third-order valence-corrected chi connectivity index (χ3v) is 7.99. The van der Waals surface area contributed by atoms with E-state index in [1.165, 1.54) is 3.71 Å². The van der Waals surface area contributed by atoms with Crippen LogP contribution < -0.4 is 3.71 Å². The summed E-state index contributed by atoms with van der Waals surface area (Å²) in [5.41, 5.74) is 0. The molecule has 1 aromatic heterocycles. The van der Waals surface area contributed by atoms with Gasteiger partial charge in [-0.15, -0.1) is 0 Å². The van der Waals surface area contributed by atoms with E-state index in [0.29, 0.717) is 6.61 Å². The van der Waals surface area contributed by atoms with Crippen LogP contribution in [0.15, 0.2) is 18.3 Å². The molecule has 1 rings (SSSR count). The first-order valence-electron chi connectivity index (χ1n) is 5.81. The van der Waals surface area contributed by atoms with Gasteiger partial charge in [-0.25, -0.2) is 0 Å². The molecular formula is C12H21NO2Sn. The van der Waals surface area contributed by atoms with Crippen LogP contribution in [-0.2, 0) is 4.74 Å². The van der Waals surface area contributed by atoms with Gasteiger partial charge in [0.15, 0.2) is 0 Å².